The molecule has 0 bridgehead atoms. The van der Waals surface area contributed by atoms with Crippen LogP contribution in [0.4, 0.5) is 5.69 Å². The lowest BCUT2D eigenvalue weighted by Crippen LogP contribution is -2.52. The molecule has 0 radical (unpaired) electrons. The summed E-state index contributed by atoms with van der Waals surface area (Å²) in [6.07, 6.45) is 1.01. The van der Waals surface area contributed by atoms with Gasteiger partial charge in [-0.25, -0.2) is 0 Å². The third-order valence-corrected chi connectivity index (χ3v) is 5.86. The van der Waals surface area contributed by atoms with E-state index in [0.717, 1.165) is 51.5 Å². The average Bonchev–Trinajstić information content (AvgIpc) is 3.22. The Kier molecular flexibility index (Phi) is 6.02. The van der Waals surface area contributed by atoms with Crippen LogP contribution < -0.4 is 14.8 Å². The van der Waals surface area contributed by atoms with Gasteiger partial charge in [-0.2, -0.15) is 0 Å². The van der Waals surface area contributed by atoms with Gasteiger partial charge in [0.15, 0.2) is 0 Å². The molecule has 0 aromatic heterocycles. The van der Waals surface area contributed by atoms with Crippen LogP contribution in [0.25, 0.3) is 0 Å². The molecule has 2 aromatic rings. The van der Waals surface area contributed by atoms with Crippen LogP contribution in [0, 0.1) is 0 Å². The molecule has 0 aliphatic carbocycles. The number of hydrogen-bond donors (Lipinski definition) is 1. The number of fused-ring (bicyclic) bond motifs is 1. The van der Waals surface area contributed by atoms with Crippen molar-refractivity contribution in [3.05, 3.63) is 53.6 Å². The molecule has 0 saturated carbocycles. The molecule has 2 aliphatic rings. The molecule has 1 saturated heterocycles. The van der Waals surface area contributed by atoms with Crippen molar-refractivity contribution in [2.45, 2.75) is 25.9 Å². The molecular formula is C23H29N3O3. The average molecular weight is 396 g/mol. The van der Waals surface area contributed by atoms with Gasteiger partial charge in [-0.15, -0.1) is 0 Å². The standard InChI is InChI=1S/C23H29N3O3/c1-17(23(27)24-20-5-3-4-6-22(20)28-2)26-12-10-25(11-13-26)16-18-7-8-21-19(15-18)9-14-29-21/h3-8,15,17H,9-14,16H2,1-2H3,(H,24,27)/t17-/m1/s1. The summed E-state index contributed by atoms with van der Waals surface area (Å²) in [5, 5.41) is 3.00. The van der Waals surface area contributed by atoms with E-state index in [1.54, 1.807) is 7.11 Å². The van der Waals surface area contributed by atoms with Crippen LogP contribution in [-0.4, -0.2) is 61.6 Å². The summed E-state index contributed by atoms with van der Waals surface area (Å²) in [5.74, 6) is 1.72. The Labute approximate surface area is 172 Å². The fraction of sp³-hybridized carbons (Fsp3) is 0.435. The van der Waals surface area contributed by atoms with Gasteiger partial charge in [0.2, 0.25) is 5.91 Å². The fourth-order valence-corrected chi connectivity index (χ4v) is 4.06. The van der Waals surface area contributed by atoms with E-state index in [-0.39, 0.29) is 11.9 Å². The maximum absolute atomic E-state index is 12.7. The van der Waals surface area contributed by atoms with Crippen LogP contribution in [0.15, 0.2) is 42.5 Å². The first-order valence-electron chi connectivity index (χ1n) is 10.3. The van der Waals surface area contributed by atoms with Crippen LogP contribution in [0.5, 0.6) is 11.5 Å². The van der Waals surface area contributed by atoms with E-state index in [0.29, 0.717) is 11.4 Å². The number of para-hydroxylation sites is 2. The molecule has 1 N–H and O–H groups in total. The molecule has 29 heavy (non-hydrogen) atoms. The molecule has 1 fully saturated rings. The van der Waals surface area contributed by atoms with E-state index in [2.05, 4.69) is 33.3 Å². The van der Waals surface area contributed by atoms with Gasteiger partial charge in [0.25, 0.3) is 0 Å². The SMILES string of the molecule is COc1ccccc1NC(=O)[C@@H](C)N1CCN(Cc2ccc3c(c2)CCO3)CC1. The molecular weight excluding hydrogens is 366 g/mol. The molecule has 0 spiro atoms. The number of benzene rings is 2. The topological polar surface area (TPSA) is 54.0 Å². The normalized spacial score (nSPS) is 18.0. The largest absolute Gasteiger partial charge is 0.495 e. The second-order valence-corrected chi connectivity index (χ2v) is 7.72. The van der Waals surface area contributed by atoms with Gasteiger partial charge in [-0.05, 0) is 36.2 Å². The summed E-state index contributed by atoms with van der Waals surface area (Å²) in [7, 11) is 1.61. The number of anilines is 1. The molecule has 0 unspecified atom stereocenters. The number of ether oxygens (including phenoxy) is 2. The predicted octanol–water partition coefficient (Wildman–Crippen LogP) is 2.77. The van der Waals surface area contributed by atoms with E-state index in [1.807, 2.05) is 31.2 Å². The molecule has 4 rings (SSSR count). The first kappa shape index (κ1) is 19.7. The monoisotopic (exact) mass is 395 g/mol. The summed E-state index contributed by atoms with van der Waals surface area (Å²) in [4.78, 5) is 17.4. The highest BCUT2D eigenvalue weighted by atomic mass is 16.5. The minimum absolute atomic E-state index is 0.00146. The van der Waals surface area contributed by atoms with Gasteiger partial charge < -0.3 is 14.8 Å². The number of carbonyl (C=O) groups excluding carboxylic acids is 1. The molecule has 2 aliphatic heterocycles. The Hall–Kier alpha value is -2.57. The van der Waals surface area contributed by atoms with Gasteiger partial charge in [0.05, 0.1) is 25.4 Å². The van der Waals surface area contributed by atoms with Crippen molar-refractivity contribution >= 4 is 11.6 Å². The van der Waals surface area contributed by atoms with Gasteiger partial charge in [-0.1, -0.05) is 24.3 Å². The molecule has 1 amide bonds. The number of methoxy groups -OCH3 is 1. The third kappa shape index (κ3) is 4.54. The molecule has 6 nitrogen and oxygen atoms in total. The molecule has 6 heteroatoms. The van der Waals surface area contributed by atoms with E-state index in [9.17, 15) is 4.79 Å². The summed E-state index contributed by atoms with van der Waals surface area (Å²) in [6, 6.07) is 13.9. The van der Waals surface area contributed by atoms with E-state index in [1.165, 1.54) is 11.1 Å². The highest BCUT2D eigenvalue weighted by Gasteiger charge is 2.26. The maximum Gasteiger partial charge on any atom is 0.241 e. The second-order valence-electron chi connectivity index (χ2n) is 7.72. The van der Waals surface area contributed by atoms with Crippen LogP contribution in [0.1, 0.15) is 18.1 Å². The van der Waals surface area contributed by atoms with Crippen molar-refractivity contribution < 1.29 is 14.3 Å². The number of nitrogens with one attached hydrogen (secondary N) is 1. The summed E-state index contributed by atoms with van der Waals surface area (Å²) in [5.41, 5.74) is 3.37. The maximum atomic E-state index is 12.7. The van der Waals surface area contributed by atoms with Crippen molar-refractivity contribution in [2.24, 2.45) is 0 Å². The highest BCUT2D eigenvalue weighted by Crippen LogP contribution is 2.27. The number of nitrogens with zero attached hydrogens (tertiary/aromatic N) is 2. The zero-order chi connectivity index (χ0) is 20.2. The van der Waals surface area contributed by atoms with Gasteiger partial charge in [0.1, 0.15) is 11.5 Å². The molecule has 2 aromatic carbocycles. The van der Waals surface area contributed by atoms with Crippen molar-refractivity contribution in [1.29, 1.82) is 0 Å². The Morgan fingerprint density at radius 3 is 2.76 bits per heavy atom. The smallest absolute Gasteiger partial charge is 0.241 e. The number of hydrogen-bond acceptors (Lipinski definition) is 5. The lowest BCUT2D eigenvalue weighted by atomic mass is 10.1. The Morgan fingerprint density at radius 1 is 1.17 bits per heavy atom. The van der Waals surface area contributed by atoms with Gasteiger partial charge in [0, 0.05) is 39.1 Å². The first-order chi connectivity index (χ1) is 14.1. The first-order valence-corrected chi connectivity index (χ1v) is 10.3. The zero-order valence-electron chi connectivity index (χ0n) is 17.2. The molecule has 2 heterocycles. The minimum Gasteiger partial charge on any atom is -0.495 e. The number of rotatable bonds is 6. The van der Waals surface area contributed by atoms with Crippen molar-refractivity contribution in [3.63, 3.8) is 0 Å². The van der Waals surface area contributed by atoms with Crippen LogP contribution >= 0.6 is 0 Å². The highest BCUT2D eigenvalue weighted by molar-refractivity contribution is 5.95. The second kappa shape index (κ2) is 8.84. The van der Waals surface area contributed by atoms with Gasteiger partial charge >= 0.3 is 0 Å². The third-order valence-electron chi connectivity index (χ3n) is 5.86. The number of piperazine rings is 1. The van der Waals surface area contributed by atoms with Crippen LogP contribution in [-0.2, 0) is 17.8 Å². The molecule has 1 atom stereocenters. The summed E-state index contributed by atoms with van der Waals surface area (Å²) in [6.45, 7) is 7.40. The Balaban J connectivity index is 1.29. The van der Waals surface area contributed by atoms with Crippen LogP contribution in [0.3, 0.4) is 0 Å². The van der Waals surface area contributed by atoms with Crippen molar-refractivity contribution in [1.82, 2.24) is 9.80 Å². The zero-order valence-corrected chi connectivity index (χ0v) is 17.2. The van der Waals surface area contributed by atoms with Crippen molar-refractivity contribution in [2.75, 3.05) is 45.2 Å². The Morgan fingerprint density at radius 2 is 1.97 bits per heavy atom. The van der Waals surface area contributed by atoms with E-state index in [4.69, 9.17) is 9.47 Å². The number of amides is 1. The summed E-state index contributed by atoms with van der Waals surface area (Å²) < 4.78 is 10.9. The van der Waals surface area contributed by atoms with E-state index < -0.39 is 0 Å². The Bertz CT molecular complexity index is 862. The van der Waals surface area contributed by atoms with Crippen molar-refractivity contribution in [3.8, 4) is 11.5 Å². The molecule has 154 valence electrons. The van der Waals surface area contributed by atoms with Gasteiger partial charge in [-0.3, -0.25) is 14.6 Å². The van der Waals surface area contributed by atoms with E-state index >= 15 is 0 Å². The lowest BCUT2D eigenvalue weighted by molar-refractivity contribution is -0.121. The number of carbonyl (C=O) groups is 1. The minimum atomic E-state index is -0.181. The predicted molar refractivity (Wildman–Crippen MR) is 114 cm³/mol. The van der Waals surface area contributed by atoms with Crippen LogP contribution in [0.2, 0.25) is 0 Å². The quantitative estimate of drug-likeness (QED) is 0.815. The summed E-state index contributed by atoms with van der Waals surface area (Å²) >= 11 is 0. The lowest BCUT2D eigenvalue weighted by Gasteiger charge is -2.37. The fourth-order valence-electron chi connectivity index (χ4n) is 4.06.